The van der Waals surface area contributed by atoms with Crippen molar-refractivity contribution in [1.29, 1.82) is 0 Å². The second-order valence-corrected chi connectivity index (χ2v) is 8.48. The first-order valence-electron chi connectivity index (χ1n) is 11.0. The van der Waals surface area contributed by atoms with Gasteiger partial charge >= 0.3 is 5.69 Å². The van der Waals surface area contributed by atoms with Gasteiger partial charge in [0.1, 0.15) is 0 Å². The summed E-state index contributed by atoms with van der Waals surface area (Å²) < 4.78 is 2.95. The molecule has 0 unspecified atom stereocenters. The molecule has 6 heteroatoms. The van der Waals surface area contributed by atoms with Crippen LogP contribution >= 0.6 is 11.6 Å². The van der Waals surface area contributed by atoms with Crippen LogP contribution in [0.25, 0.3) is 11.0 Å². The lowest BCUT2D eigenvalue weighted by molar-refractivity contribution is 0.0959. The number of benzene rings is 3. The van der Waals surface area contributed by atoms with E-state index in [0.29, 0.717) is 21.6 Å². The van der Waals surface area contributed by atoms with E-state index < -0.39 is 0 Å². The van der Waals surface area contributed by atoms with Gasteiger partial charge in [0.2, 0.25) is 0 Å². The van der Waals surface area contributed by atoms with Crippen LogP contribution in [0.3, 0.4) is 0 Å². The van der Waals surface area contributed by atoms with E-state index in [-0.39, 0.29) is 17.6 Å². The Labute approximate surface area is 196 Å². The number of halogens is 1. The summed E-state index contributed by atoms with van der Waals surface area (Å²) in [6.07, 6.45) is 1.63. The number of imidazole rings is 1. The Morgan fingerprint density at radius 2 is 1.55 bits per heavy atom. The molecule has 164 valence electrons. The summed E-state index contributed by atoms with van der Waals surface area (Å²) in [5.74, 6) is 5.84. The maximum absolute atomic E-state index is 13.5. The van der Waals surface area contributed by atoms with Gasteiger partial charge in [-0.3, -0.25) is 9.36 Å². The second kappa shape index (κ2) is 9.11. The Hall–Kier alpha value is -3.59. The molecular weight excluding hydrogens is 434 g/mol. The molecule has 0 atom stereocenters. The Balaban J connectivity index is 1.53. The maximum atomic E-state index is 13.5. The molecule has 5 nitrogen and oxygen atoms in total. The molecule has 1 saturated heterocycles. The zero-order valence-corrected chi connectivity index (χ0v) is 18.7. The summed E-state index contributed by atoms with van der Waals surface area (Å²) in [7, 11) is 0. The minimum Gasteiger partial charge on any atom is -0.317 e. The first kappa shape index (κ1) is 21.3. The van der Waals surface area contributed by atoms with Crippen LogP contribution in [0.1, 0.15) is 40.4 Å². The van der Waals surface area contributed by atoms with Crippen LogP contribution in [0, 0.1) is 11.8 Å². The number of carbonyl (C=O) groups is 1. The van der Waals surface area contributed by atoms with Gasteiger partial charge in [-0.2, -0.15) is 0 Å². The van der Waals surface area contributed by atoms with Gasteiger partial charge in [0.25, 0.3) is 5.91 Å². The van der Waals surface area contributed by atoms with E-state index >= 15 is 0 Å². The third-order valence-corrected chi connectivity index (χ3v) is 6.28. The van der Waals surface area contributed by atoms with Gasteiger partial charge in [0.15, 0.2) is 0 Å². The fourth-order valence-corrected chi connectivity index (χ4v) is 4.58. The number of para-hydroxylation sites is 1. The van der Waals surface area contributed by atoms with E-state index in [9.17, 15) is 9.59 Å². The lowest BCUT2D eigenvalue weighted by Crippen LogP contribution is -2.36. The predicted octanol–water partition coefficient (Wildman–Crippen LogP) is 4.47. The molecule has 0 saturated carbocycles. The molecule has 1 aliphatic rings. The van der Waals surface area contributed by atoms with E-state index in [1.54, 1.807) is 47.0 Å². The normalized spacial score (nSPS) is 14.1. The van der Waals surface area contributed by atoms with Gasteiger partial charge < -0.3 is 5.32 Å². The molecule has 0 spiro atoms. The summed E-state index contributed by atoms with van der Waals surface area (Å²) >= 11 is 6.51. The standard InChI is InChI=1S/C27H22ClN3O2/c28-23-7-4-8-24-25(23)30(22-15-17-29-18-16-22)27(33)31(24)26(32)21-13-11-20(12-14-21)10-9-19-5-2-1-3-6-19/h1-8,11-14,22,29H,15-18H2. The Kier molecular flexibility index (Phi) is 5.87. The smallest absolute Gasteiger partial charge is 0.317 e. The average molecular weight is 456 g/mol. The number of aromatic nitrogens is 2. The third-order valence-electron chi connectivity index (χ3n) is 5.98. The molecule has 4 aromatic rings. The van der Waals surface area contributed by atoms with Crippen LogP contribution in [-0.4, -0.2) is 28.1 Å². The number of carbonyl (C=O) groups excluding carboxylic acids is 1. The zero-order valence-electron chi connectivity index (χ0n) is 17.9. The Morgan fingerprint density at radius 1 is 0.879 bits per heavy atom. The molecule has 1 aliphatic heterocycles. The SMILES string of the molecule is O=C(c1ccc(C#Cc2ccccc2)cc1)n1c(=O)n(C2CCNCC2)c2c(Cl)cccc21. The van der Waals surface area contributed by atoms with Crippen molar-refractivity contribution < 1.29 is 4.79 Å². The number of hydrogen-bond acceptors (Lipinski definition) is 3. The summed E-state index contributed by atoms with van der Waals surface area (Å²) in [6.45, 7) is 1.65. The fourth-order valence-electron chi connectivity index (χ4n) is 4.32. The highest BCUT2D eigenvalue weighted by Crippen LogP contribution is 2.29. The second-order valence-electron chi connectivity index (χ2n) is 8.08. The minimum absolute atomic E-state index is 0.00540. The van der Waals surface area contributed by atoms with Crippen molar-refractivity contribution >= 4 is 28.5 Å². The van der Waals surface area contributed by atoms with Crippen LogP contribution in [0.5, 0.6) is 0 Å². The summed E-state index contributed by atoms with van der Waals surface area (Å²) in [6, 6.07) is 22.0. The number of nitrogens with one attached hydrogen (secondary N) is 1. The molecule has 33 heavy (non-hydrogen) atoms. The van der Waals surface area contributed by atoms with Gasteiger partial charge in [-0.15, -0.1) is 0 Å². The van der Waals surface area contributed by atoms with Crippen molar-refractivity contribution in [2.45, 2.75) is 18.9 Å². The van der Waals surface area contributed by atoms with Gasteiger partial charge in [-0.25, -0.2) is 9.36 Å². The first-order valence-corrected chi connectivity index (χ1v) is 11.4. The highest BCUT2D eigenvalue weighted by Gasteiger charge is 2.26. The molecule has 0 aliphatic carbocycles. The Bertz CT molecular complexity index is 1430. The lowest BCUT2D eigenvalue weighted by atomic mass is 10.1. The molecule has 1 aromatic heterocycles. The molecular formula is C27H22ClN3O2. The van der Waals surface area contributed by atoms with Crippen LogP contribution in [0.15, 0.2) is 77.6 Å². The van der Waals surface area contributed by atoms with Gasteiger partial charge in [0, 0.05) is 22.7 Å². The van der Waals surface area contributed by atoms with E-state index in [1.807, 2.05) is 30.3 Å². The van der Waals surface area contributed by atoms with Crippen LogP contribution in [-0.2, 0) is 0 Å². The number of fused-ring (bicyclic) bond motifs is 1. The van der Waals surface area contributed by atoms with E-state index in [0.717, 1.165) is 37.1 Å². The molecule has 1 fully saturated rings. The highest BCUT2D eigenvalue weighted by atomic mass is 35.5. The highest BCUT2D eigenvalue weighted by molar-refractivity contribution is 6.35. The van der Waals surface area contributed by atoms with Crippen molar-refractivity contribution in [2.75, 3.05) is 13.1 Å². The van der Waals surface area contributed by atoms with Crippen molar-refractivity contribution in [3.05, 3.63) is 105 Å². The van der Waals surface area contributed by atoms with Gasteiger partial charge in [-0.1, -0.05) is 47.7 Å². The van der Waals surface area contributed by atoms with Crippen LogP contribution < -0.4 is 11.0 Å². The summed E-state index contributed by atoms with van der Waals surface area (Å²) in [5.41, 5.74) is 2.95. The first-order chi connectivity index (χ1) is 16.1. The molecule has 2 heterocycles. The zero-order chi connectivity index (χ0) is 22.8. The monoisotopic (exact) mass is 455 g/mol. The largest absolute Gasteiger partial charge is 0.336 e. The maximum Gasteiger partial charge on any atom is 0.336 e. The van der Waals surface area contributed by atoms with Crippen LogP contribution in [0.2, 0.25) is 5.02 Å². The predicted molar refractivity (Wildman–Crippen MR) is 131 cm³/mol. The number of piperidine rings is 1. The molecule has 5 rings (SSSR count). The molecule has 3 aromatic carbocycles. The molecule has 0 bridgehead atoms. The topological polar surface area (TPSA) is 56.0 Å². The molecule has 1 N–H and O–H groups in total. The average Bonchev–Trinajstić information content (AvgIpc) is 3.17. The van der Waals surface area contributed by atoms with Crippen molar-refractivity contribution in [3.63, 3.8) is 0 Å². The van der Waals surface area contributed by atoms with Gasteiger partial charge in [0.05, 0.1) is 16.1 Å². The summed E-state index contributed by atoms with van der Waals surface area (Å²) in [4.78, 5) is 26.9. The fraction of sp³-hybridized carbons (Fsp3) is 0.185. The number of nitrogens with zero attached hydrogens (tertiary/aromatic N) is 2. The minimum atomic E-state index is -0.373. The van der Waals surface area contributed by atoms with Gasteiger partial charge in [-0.05, 0) is 74.5 Å². The van der Waals surface area contributed by atoms with Crippen molar-refractivity contribution in [3.8, 4) is 11.8 Å². The third kappa shape index (κ3) is 4.11. The lowest BCUT2D eigenvalue weighted by Gasteiger charge is -2.24. The molecule has 0 amide bonds. The van der Waals surface area contributed by atoms with E-state index in [2.05, 4.69) is 17.2 Å². The number of hydrogen-bond donors (Lipinski definition) is 1. The van der Waals surface area contributed by atoms with E-state index in [4.69, 9.17) is 11.6 Å². The molecule has 0 radical (unpaired) electrons. The summed E-state index contributed by atoms with van der Waals surface area (Å²) in [5, 5.41) is 3.79. The van der Waals surface area contributed by atoms with Crippen LogP contribution in [0.4, 0.5) is 0 Å². The quantitative estimate of drug-likeness (QED) is 0.454. The van der Waals surface area contributed by atoms with Crippen molar-refractivity contribution in [2.24, 2.45) is 0 Å². The van der Waals surface area contributed by atoms with E-state index in [1.165, 1.54) is 4.57 Å². The van der Waals surface area contributed by atoms with Crippen molar-refractivity contribution in [1.82, 2.24) is 14.5 Å². The number of rotatable bonds is 2. The Morgan fingerprint density at radius 3 is 2.24 bits per heavy atom.